The number of aryl methyl sites for hydroxylation is 2. The molecule has 1 N–H and O–H groups in total. The molecule has 0 atom stereocenters. The van der Waals surface area contributed by atoms with Crippen LogP contribution in [0.3, 0.4) is 0 Å². The lowest BCUT2D eigenvalue weighted by Gasteiger charge is -2.06. The number of rotatable bonds is 2. The Morgan fingerprint density at radius 3 is 2.73 bits per heavy atom. The number of halogens is 1. The summed E-state index contributed by atoms with van der Waals surface area (Å²) in [5.74, 6) is 0. The highest BCUT2D eigenvalue weighted by atomic mass is 79.9. The highest BCUT2D eigenvalue weighted by Gasteiger charge is 2.02. The maximum atomic E-state index is 4.29. The van der Waals surface area contributed by atoms with Gasteiger partial charge >= 0.3 is 0 Å². The molecule has 0 saturated carbocycles. The maximum absolute atomic E-state index is 4.29. The summed E-state index contributed by atoms with van der Waals surface area (Å²) < 4.78 is 0.875. The van der Waals surface area contributed by atoms with Gasteiger partial charge in [0.1, 0.15) is 4.60 Å². The fourth-order valence-electron chi connectivity index (χ4n) is 1.38. The number of hydrogen-bond acceptors (Lipinski definition) is 3. The SMILES string of the molecule is Cc1ccc(Nc2nc(Br)cs2)c(C)c1. The topological polar surface area (TPSA) is 24.9 Å². The van der Waals surface area contributed by atoms with Gasteiger partial charge < -0.3 is 5.32 Å². The number of thiazole rings is 1. The van der Waals surface area contributed by atoms with Gasteiger partial charge in [0.15, 0.2) is 5.13 Å². The lowest BCUT2D eigenvalue weighted by atomic mass is 10.1. The van der Waals surface area contributed by atoms with E-state index >= 15 is 0 Å². The summed E-state index contributed by atoms with van der Waals surface area (Å²) in [6, 6.07) is 6.34. The molecule has 0 aliphatic heterocycles. The van der Waals surface area contributed by atoms with Crippen LogP contribution in [0.4, 0.5) is 10.8 Å². The van der Waals surface area contributed by atoms with Gasteiger partial charge in [0.2, 0.25) is 0 Å². The van der Waals surface area contributed by atoms with Crippen LogP contribution in [0.25, 0.3) is 0 Å². The van der Waals surface area contributed by atoms with Crippen LogP contribution in [0.5, 0.6) is 0 Å². The summed E-state index contributed by atoms with van der Waals surface area (Å²) >= 11 is 4.92. The van der Waals surface area contributed by atoms with Crippen molar-refractivity contribution in [2.45, 2.75) is 13.8 Å². The molecule has 0 saturated heterocycles. The lowest BCUT2D eigenvalue weighted by molar-refractivity contribution is 1.32. The van der Waals surface area contributed by atoms with Gasteiger partial charge in [-0.3, -0.25) is 0 Å². The summed E-state index contributed by atoms with van der Waals surface area (Å²) in [5, 5.41) is 6.17. The second-order valence-electron chi connectivity index (χ2n) is 3.42. The van der Waals surface area contributed by atoms with Crippen molar-refractivity contribution in [1.29, 1.82) is 0 Å². The normalized spacial score (nSPS) is 10.3. The van der Waals surface area contributed by atoms with Crippen molar-refractivity contribution in [3.05, 3.63) is 39.3 Å². The molecule has 2 rings (SSSR count). The summed E-state index contributed by atoms with van der Waals surface area (Å²) in [6.07, 6.45) is 0. The predicted molar refractivity (Wildman–Crippen MR) is 69.0 cm³/mol. The minimum atomic E-state index is 0.875. The number of anilines is 2. The average molecular weight is 283 g/mol. The first-order valence-electron chi connectivity index (χ1n) is 4.60. The van der Waals surface area contributed by atoms with Crippen LogP contribution in [-0.2, 0) is 0 Å². The van der Waals surface area contributed by atoms with Crippen LogP contribution >= 0.6 is 27.3 Å². The summed E-state index contributed by atoms with van der Waals surface area (Å²) in [7, 11) is 0. The van der Waals surface area contributed by atoms with E-state index in [0.717, 1.165) is 15.4 Å². The van der Waals surface area contributed by atoms with Crippen LogP contribution in [0.1, 0.15) is 11.1 Å². The third-order valence-electron chi connectivity index (χ3n) is 2.10. The number of nitrogens with zero attached hydrogens (tertiary/aromatic N) is 1. The molecule has 0 radical (unpaired) electrons. The Balaban J connectivity index is 2.24. The number of hydrogen-bond donors (Lipinski definition) is 1. The molecular formula is C11H11BrN2S. The minimum absolute atomic E-state index is 0.875. The van der Waals surface area contributed by atoms with E-state index in [-0.39, 0.29) is 0 Å². The van der Waals surface area contributed by atoms with Crippen molar-refractivity contribution in [3.8, 4) is 0 Å². The first-order chi connectivity index (χ1) is 7.15. The summed E-state index contributed by atoms with van der Waals surface area (Å²) in [5.41, 5.74) is 3.63. The third kappa shape index (κ3) is 2.58. The molecule has 0 aliphatic carbocycles. The van der Waals surface area contributed by atoms with E-state index in [2.05, 4.69) is 58.3 Å². The third-order valence-corrected chi connectivity index (χ3v) is 3.57. The molecule has 0 aliphatic rings. The molecule has 2 aromatic rings. The fourth-order valence-corrected chi connectivity index (χ4v) is 2.54. The van der Waals surface area contributed by atoms with Crippen molar-refractivity contribution in [2.75, 3.05) is 5.32 Å². The first-order valence-corrected chi connectivity index (χ1v) is 6.28. The molecule has 1 aromatic heterocycles. The van der Waals surface area contributed by atoms with E-state index in [1.807, 2.05) is 5.38 Å². The molecule has 0 unspecified atom stereocenters. The average Bonchev–Trinajstić information content (AvgIpc) is 2.56. The summed E-state index contributed by atoms with van der Waals surface area (Å²) in [4.78, 5) is 4.29. The molecular weight excluding hydrogens is 272 g/mol. The first kappa shape index (κ1) is 10.6. The number of aromatic nitrogens is 1. The smallest absolute Gasteiger partial charge is 0.188 e. The van der Waals surface area contributed by atoms with Gasteiger partial charge in [-0.15, -0.1) is 11.3 Å². The van der Waals surface area contributed by atoms with Gasteiger partial charge in [-0.2, -0.15) is 0 Å². The zero-order chi connectivity index (χ0) is 10.8. The van der Waals surface area contributed by atoms with E-state index in [1.165, 1.54) is 11.1 Å². The zero-order valence-electron chi connectivity index (χ0n) is 8.54. The Hall–Kier alpha value is -0.870. The molecule has 1 heterocycles. The van der Waals surface area contributed by atoms with Crippen LogP contribution in [-0.4, -0.2) is 4.98 Å². The van der Waals surface area contributed by atoms with E-state index < -0.39 is 0 Å². The van der Waals surface area contributed by atoms with Gasteiger partial charge in [-0.05, 0) is 41.4 Å². The molecule has 0 fully saturated rings. The van der Waals surface area contributed by atoms with Gasteiger partial charge in [0, 0.05) is 11.1 Å². The molecule has 4 heteroatoms. The van der Waals surface area contributed by atoms with E-state index in [4.69, 9.17) is 0 Å². The second kappa shape index (κ2) is 4.33. The minimum Gasteiger partial charge on any atom is -0.331 e. The maximum Gasteiger partial charge on any atom is 0.188 e. The molecule has 15 heavy (non-hydrogen) atoms. The largest absolute Gasteiger partial charge is 0.331 e. The van der Waals surface area contributed by atoms with Gasteiger partial charge in [-0.1, -0.05) is 17.7 Å². The van der Waals surface area contributed by atoms with Crippen molar-refractivity contribution >= 4 is 38.1 Å². The molecule has 0 spiro atoms. The standard InChI is InChI=1S/C11H11BrN2S/c1-7-3-4-9(8(2)5-7)13-11-14-10(12)6-15-11/h3-6H,1-2H3,(H,13,14). The van der Waals surface area contributed by atoms with Gasteiger partial charge in [-0.25, -0.2) is 4.98 Å². The Kier molecular flexibility index (Phi) is 3.07. The van der Waals surface area contributed by atoms with Crippen LogP contribution in [0, 0.1) is 13.8 Å². The van der Waals surface area contributed by atoms with Crippen molar-refractivity contribution < 1.29 is 0 Å². The van der Waals surface area contributed by atoms with Crippen LogP contribution < -0.4 is 5.32 Å². The van der Waals surface area contributed by atoms with Crippen molar-refractivity contribution in [2.24, 2.45) is 0 Å². The van der Waals surface area contributed by atoms with Gasteiger partial charge in [0.25, 0.3) is 0 Å². The second-order valence-corrected chi connectivity index (χ2v) is 5.09. The molecule has 1 aromatic carbocycles. The van der Waals surface area contributed by atoms with Crippen molar-refractivity contribution in [1.82, 2.24) is 4.98 Å². The van der Waals surface area contributed by atoms with E-state index in [0.29, 0.717) is 0 Å². The Morgan fingerprint density at radius 2 is 2.13 bits per heavy atom. The Bertz CT molecular complexity index is 479. The fraction of sp³-hybridized carbons (Fsp3) is 0.182. The molecule has 0 bridgehead atoms. The van der Waals surface area contributed by atoms with E-state index in [9.17, 15) is 0 Å². The summed E-state index contributed by atoms with van der Waals surface area (Å²) in [6.45, 7) is 4.19. The predicted octanol–water partition coefficient (Wildman–Crippen LogP) is 4.27. The monoisotopic (exact) mass is 282 g/mol. The Labute approximate surface area is 101 Å². The highest BCUT2D eigenvalue weighted by molar-refractivity contribution is 9.10. The zero-order valence-corrected chi connectivity index (χ0v) is 10.9. The lowest BCUT2D eigenvalue weighted by Crippen LogP contribution is -1.92. The highest BCUT2D eigenvalue weighted by Crippen LogP contribution is 2.25. The van der Waals surface area contributed by atoms with Crippen molar-refractivity contribution in [3.63, 3.8) is 0 Å². The van der Waals surface area contributed by atoms with Crippen LogP contribution in [0.15, 0.2) is 28.2 Å². The molecule has 78 valence electrons. The Morgan fingerprint density at radius 1 is 1.33 bits per heavy atom. The van der Waals surface area contributed by atoms with Crippen LogP contribution in [0.2, 0.25) is 0 Å². The molecule has 0 amide bonds. The quantitative estimate of drug-likeness (QED) is 0.890. The molecule has 2 nitrogen and oxygen atoms in total. The van der Waals surface area contributed by atoms with Gasteiger partial charge in [0.05, 0.1) is 0 Å². The number of benzene rings is 1. The van der Waals surface area contributed by atoms with E-state index in [1.54, 1.807) is 11.3 Å². The number of nitrogens with one attached hydrogen (secondary N) is 1.